The van der Waals surface area contributed by atoms with Gasteiger partial charge in [0.05, 0.1) is 6.04 Å². The fourth-order valence-electron chi connectivity index (χ4n) is 3.74. The second-order valence-corrected chi connectivity index (χ2v) is 6.96. The number of piperidine rings is 1. The van der Waals surface area contributed by atoms with Gasteiger partial charge in [-0.05, 0) is 37.1 Å². The van der Waals surface area contributed by atoms with Crippen LogP contribution in [0, 0.1) is 0 Å². The van der Waals surface area contributed by atoms with Crippen LogP contribution in [-0.2, 0) is 6.54 Å². The summed E-state index contributed by atoms with van der Waals surface area (Å²) in [6.45, 7) is 4.18. The van der Waals surface area contributed by atoms with Gasteiger partial charge in [-0.3, -0.25) is 9.48 Å². The molecule has 1 aromatic heterocycles. The van der Waals surface area contributed by atoms with Gasteiger partial charge in [0.1, 0.15) is 5.69 Å². The van der Waals surface area contributed by atoms with Crippen molar-refractivity contribution in [2.24, 2.45) is 0 Å². The highest BCUT2D eigenvalue weighted by atomic mass is 16.2. The van der Waals surface area contributed by atoms with Crippen LogP contribution in [0.2, 0.25) is 0 Å². The van der Waals surface area contributed by atoms with Crippen molar-refractivity contribution >= 4 is 11.6 Å². The molecular formula is C19H25N5O. The standard InChI is InChI=1S/C19H25N5O/c1-22-11-12-23(14-15-5-2-3-7-18(15)22)19(25)17-8-10-24(21-17)16-6-4-9-20-13-16/h2-3,5,7-8,10,16,20H,4,6,9,11-14H2,1H3. The molecule has 25 heavy (non-hydrogen) atoms. The number of carbonyl (C=O) groups excluding carboxylic acids is 1. The molecule has 2 aliphatic rings. The normalized spacial score (nSPS) is 20.9. The molecule has 2 aliphatic heterocycles. The zero-order chi connectivity index (χ0) is 17.2. The van der Waals surface area contributed by atoms with Gasteiger partial charge in [-0.25, -0.2) is 0 Å². The van der Waals surface area contributed by atoms with E-state index >= 15 is 0 Å². The highest BCUT2D eigenvalue weighted by Gasteiger charge is 2.24. The molecule has 6 nitrogen and oxygen atoms in total. The van der Waals surface area contributed by atoms with E-state index in [-0.39, 0.29) is 5.91 Å². The first kappa shape index (κ1) is 16.1. The Morgan fingerprint density at radius 1 is 1.24 bits per heavy atom. The van der Waals surface area contributed by atoms with Gasteiger partial charge >= 0.3 is 0 Å². The Morgan fingerprint density at radius 2 is 2.12 bits per heavy atom. The lowest BCUT2D eigenvalue weighted by Gasteiger charge is -2.23. The minimum atomic E-state index is 0.0209. The number of nitrogens with zero attached hydrogens (tertiary/aromatic N) is 4. The first-order chi connectivity index (χ1) is 12.2. The number of hydrogen-bond acceptors (Lipinski definition) is 4. The third-order valence-electron chi connectivity index (χ3n) is 5.23. The van der Waals surface area contributed by atoms with Crippen molar-refractivity contribution in [1.29, 1.82) is 0 Å². The molecule has 1 saturated heterocycles. The molecule has 4 rings (SSSR count). The van der Waals surface area contributed by atoms with E-state index < -0.39 is 0 Å². The largest absolute Gasteiger partial charge is 0.373 e. The molecule has 0 saturated carbocycles. The molecule has 2 aromatic rings. The van der Waals surface area contributed by atoms with Gasteiger partial charge in [-0.15, -0.1) is 0 Å². The molecule has 1 aromatic carbocycles. The van der Waals surface area contributed by atoms with Crippen LogP contribution in [0.25, 0.3) is 0 Å². The summed E-state index contributed by atoms with van der Waals surface area (Å²) >= 11 is 0. The Balaban J connectivity index is 1.52. The van der Waals surface area contributed by atoms with Crippen LogP contribution in [0.15, 0.2) is 36.5 Å². The number of fused-ring (bicyclic) bond motifs is 1. The molecular weight excluding hydrogens is 314 g/mol. The van der Waals surface area contributed by atoms with Crippen molar-refractivity contribution in [3.8, 4) is 0 Å². The first-order valence-electron chi connectivity index (χ1n) is 9.06. The maximum atomic E-state index is 13.0. The Morgan fingerprint density at radius 3 is 2.96 bits per heavy atom. The van der Waals surface area contributed by atoms with Gasteiger partial charge in [0, 0.05) is 45.1 Å². The lowest BCUT2D eigenvalue weighted by Crippen LogP contribution is -2.35. The smallest absolute Gasteiger partial charge is 0.274 e. The highest BCUT2D eigenvalue weighted by molar-refractivity contribution is 5.92. The fourth-order valence-corrected chi connectivity index (χ4v) is 3.74. The van der Waals surface area contributed by atoms with E-state index in [0.29, 0.717) is 24.8 Å². The maximum Gasteiger partial charge on any atom is 0.274 e. The molecule has 0 radical (unpaired) electrons. The number of rotatable bonds is 2. The Labute approximate surface area is 148 Å². The molecule has 0 bridgehead atoms. The number of anilines is 1. The van der Waals surface area contributed by atoms with Crippen molar-refractivity contribution in [3.05, 3.63) is 47.8 Å². The number of hydrogen-bond donors (Lipinski definition) is 1. The Kier molecular flexibility index (Phi) is 4.44. The molecule has 1 unspecified atom stereocenters. The number of nitrogens with one attached hydrogen (secondary N) is 1. The topological polar surface area (TPSA) is 53.4 Å². The summed E-state index contributed by atoms with van der Waals surface area (Å²) in [6.07, 6.45) is 4.22. The van der Waals surface area contributed by atoms with Gasteiger partial charge in [0.25, 0.3) is 5.91 Å². The van der Waals surface area contributed by atoms with Gasteiger partial charge in [0.15, 0.2) is 0 Å². The van der Waals surface area contributed by atoms with Crippen LogP contribution in [0.3, 0.4) is 0 Å². The van der Waals surface area contributed by atoms with E-state index in [1.165, 1.54) is 11.3 Å². The molecule has 1 atom stereocenters. The van der Waals surface area contributed by atoms with E-state index in [4.69, 9.17) is 0 Å². The molecule has 0 spiro atoms. The number of aromatic nitrogens is 2. The minimum absolute atomic E-state index is 0.0209. The van der Waals surface area contributed by atoms with Crippen molar-refractivity contribution in [1.82, 2.24) is 20.0 Å². The summed E-state index contributed by atoms with van der Waals surface area (Å²) < 4.78 is 1.96. The maximum absolute atomic E-state index is 13.0. The number of carbonyl (C=O) groups is 1. The first-order valence-corrected chi connectivity index (χ1v) is 9.06. The summed E-state index contributed by atoms with van der Waals surface area (Å²) in [7, 11) is 2.08. The van der Waals surface area contributed by atoms with E-state index in [1.54, 1.807) is 0 Å². The molecule has 1 N–H and O–H groups in total. The predicted molar refractivity (Wildman–Crippen MR) is 97.8 cm³/mol. The number of amides is 1. The number of benzene rings is 1. The van der Waals surface area contributed by atoms with E-state index in [2.05, 4.69) is 34.5 Å². The Bertz CT molecular complexity index is 750. The lowest BCUT2D eigenvalue weighted by atomic mass is 10.1. The fraction of sp³-hybridized carbons (Fsp3) is 0.474. The zero-order valence-electron chi connectivity index (χ0n) is 14.7. The van der Waals surface area contributed by atoms with E-state index in [9.17, 15) is 4.79 Å². The number of likely N-dealkylation sites (N-methyl/N-ethyl adjacent to an activating group) is 1. The minimum Gasteiger partial charge on any atom is -0.373 e. The average Bonchev–Trinajstić information content (AvgIpc) is 3.09. The average molecular weight is 339 g/mol. The summed E-state index contributed by atoms with van der Waals surface area (Å²) in [6, 6.07) is 10.5. The molecule has 6 heteroatoms. The van der Waals surface area contributed by atoms with Crippen LogP contribution < -0.4 is 10.2 Å². The second kappa shape index (κ2) is 6.88. The van der Waals surface area contributed by atoms with Gasteiger partial charge in [0.2, 0.25) is 0 Å². The predicted octanol–water partition coefficient (Wildman–Crippen LogP) is 1.90. The van der Waals surface area contributed by atoms with Crippen LogP contribution in [0.4, 0.5) is 5.69 Å². The lowest BCUT2D eigenvalue weighted by molar-refractivity contribution is 0.0744. The Hall–Kier alpha value is -2.34. The quantitative estimate of drug-likeness (QED) is 0.908. The summed E-state index contributed by atoms with van der Waals surface area (Å²) in [4.78, 5) is 17.1. The van der Waals surface area contributed by atoms with E-state index in [1.807, 2.05) is 34.0 Å². The molecule has 1 amide bonds. The van der Waals surface area contributed by atoms with E-state index in [0.717, 1.165) is 32.5 Å². The zero-order valence-corrected chi connectivity index (χ0v) is 14.7. The third-order valence-corrected chi connectivity index (χ3v) is 5.23. The van der Waals surface area contributed by atoms with Crippen LogP contribution in [-0.4, -0.2) is 53.8 Å². The van der Waals surface area contributed by atoms with Crippen molar-refractivity contribution < 1.29 is 4.79 Å². The number of para-hydroxylation sites is 1. The summed E-state index contributed by atoms with van der Waals surface area (Å²) in [5, 5.41) is 7.98. The molecule has 0 aliphatic carbocycles. The SMILES string of the molecule is CN1CCN(C(=O)c2ccn(C3CCCNC3)n2)Cc2ccccc21. The van der Waals surface area contributed by atoms with Crippen LogP contribution in [0.1, 0.15) is 34.9 Å². The van der Waals surface area contributed by atoms with Crippen molar-refractivity contribution in [2.45, 2.75) is 25.4 Å². The van der Waals surface area contributed by atoms with Gasteiger partial charge < -0.3 is 15.1 Å². The van der Waals surface area contributed by atoms with Crippen LogP contribution in [0.5, 0.6) is 0 Å². The summed E-state index contributed by atoms with van der Waals surface area (Å²) in [5.74, 6) is 0.0209. The molecule has 3 heterocycles. The highest BCUT2D eigenvalue weighted by Crippen LogP contribution is 2.24. The van der Waals surface area contributed by atoms with Crippen molar-refractivity contribution in [2.75, 3.05) is 38.1 Å². The van der Waals surface area contributed by atoms with Crippen LogP contribution >= 0.6 is 0 Å². The van der Waals surface area contributed by atoms with Crippen molar-refractivity contribution in [3.63, 3.8) is 0 Å². The monoisotopic (exact) mass is 339 g/mol. The van der Waals surface area contributed by atoms with Gasteiger partial charge in [-0.1, -0.05) is 18.2 Å². The third kappa shape index (κ3) is 3.26. The molecule has 132 valence electrons. The summed E-state index contributed by atoms with van der Waals surface area (Å²) in [5.41, 5.74) is 2.94. The second-order valence-electron chi connectivity index (χ2n) is 6.96. The molecule has 1 fully saturated rings. The van der Waals surface area contributed by atoms with Gasteiger partial charge in [-0.2, -0.15) is 5.10 Å².